The highest BCUT2D eigenvalue weighted by molar-refractivity contribution is 5.42. The molecule has 1 aliphatic rings. The summed E-state index contributed by atoms with van der Waals surface area (Å²) in [6, 6.07) is 2.51. The Labute approximate surface area is 111 Å². The number of alkyl halides is 3. The van der Waals surface area contributed by atoms with Gasteiger partial charge in [0.2, 0.25) is 0 Å². The number of piperidine rings is 1. The van der Waals surface area contributed by atoms with Crippen molar-refractivity contribution in [3.8, 4) is 0 Å². The topological polar surface area (TPSA) is 19.4 Å². The van der Waals surface area contributed by atoms with Crippen LogP contribution in [0.3, 0.4) is 0 Å². The van der Waals surface area contributed by atoms with Crippen LogP contribution in [0.5, 0.6) is 0 Å². The fraction of sp³-hybridized carbons (Fsp3) is 0.615. The Morgan fingerprint density at radius 1 is 1.37 bits per heavy atom. The number of halogens is 3. The molecule has 6 heteroatoms. The van der Waals surface area contributed by atoms with Gasteiger partial charge in [0.25, 0.3) is 0 Å². The molecule has 19 heavy (non-hydrogen) atoms. The molecule has 0 aliphatic carbocycles. The number of hydrogen-bond donors (Lipinski definition) is 0. The molecular weight excluding hydrogens is 255 g/mol. The van der Waals surface area contributed by atoms with Gasteiger partial charge >= 0.3 is 6.18 Å². The van der Waals surface area contributed by atoms with Crippen LogP contribution in [0.2, 0.25) is 0 Å². The van der Waals surface area contributed by atoms with Crippen LogP contribution in [0, 0.1) is 0 Å². The molecule has 2 rings (SSSR count). The van der Waals surface area contributed by atoms with Crippen molar-refractivity contribution in [2.45, 2.75) is 25.1 Å². The predicted octanol–water partition coefficient (Wildman–Crippen LogP) is 2.63. The Morgan fingerprint density at radius 3 is 2.74 bits per heavy atom. The van der Waals surface area contributed by atoms with Crippen LogP contribution in [0.15, 0.2) is 18.3 Å². The van der Waals surface area contributed by atoms with Gasteiger partial charge in [-0.25, -0.2) is 4.98 Å². The quantitative estimate of drug-likeness (QED) is 0.825. The molecule has 1 aromatic heterocycles. The number of anilines is 1. The summed E-state index contributed by atoms with van der Waals surface area (Å²) in [5, 5.41) is 0. The van der Waals surface area contributed by atoms with Crippen molar-refractivity contribution in [3.05, 3.63) is 23.9 Å². The van der Waals surface area contributed by atoms with E-state index >= 15 is 0 Å². The minimum absolute atomic E-state index is 0.366. The molecule has 0 aromatic carbocycles. The molecular formula is C13H18F3N3. The van der Waals surface area contributed by atoms with E-state index in [1.54, 1.807) is 0 Å². The lowest BCUT2D eigenvalue weighted by atomic mass is 10.0. The van der Waals surface area contributed by atoms with Gasteiger partial charge in [0.05, 0.1) is 5.56 Å². The molecule has 1 unspecified atom stereocenters. The van der Waals surface area contributed by atoms with E-state index in [4.69, 9.17) is 0 Å². The van der Waals surface area contributed by atoms with Gasteiger partial charge in [-0.15, -0.1) is 0 Å². The second-order valence-corrected chi connectivity index (χ2v) is 5.11. The van der Waals surface area contributed by atoms with E-state index in [0.717, 1.165) is 38.1 Å². The largest absolute Gasteiger partial charge is 0.416 e. The van der Waals surface area contributed by atoms with Gasteiger partial charge < -0.3 is 9.80 Å². The highest BCUT2D eigenvalue weighted by atomic mass is 19.4. The number of likely N-dealkylation sites (N-methyl/N-ethyl adjacent to an activating group) is 1. The molecule has 0 amide bonds. The summed E-state index contributed by atoms with van der Waals surface area (Å²) in [6.45, 7) is 1.49. The second kappa shape index (κ2) is 5.36. The summed E-state index contributed by atoms with van der Waals surface area (Å²) >= 11 is 0. The molecule has 106 valence electrons. The molecule has 0 radical (unpaired) electrons. The van der Waals surface area contributed by atoms with E-state index in [2.05, 4.69) is 9.88 Å². The normalized spacial score (nSPS) is 20.9. The third-order valence-corrected chi connectivity index (χ3v) is 3.52. The van der Waals surface area contributed by atoms with Crippen LogP contribution >= 0.6 is 0 Å². The fourth-order valence-electron chi connectivity index (χ4n) is 2.35. The molecule has 1 saturated heterocycles. The average molecular weight is 273 g/mol. The van der Waals surface area contributed by atoms with Crippen molar-refractivity contribution < 1.29 is 13.2 Å². The van der Waals surface area contributed by atoms with Gasteiger partial charge in [0, 0.05) is 25.3 Å². The van der Waals surface area contributed by atoms with E-state index in [1.165, 1.54) is 6.20 Å². The van der Waals surface area contributed by atoms with Crippen LogP contribution in [0.25, 0.3) is 0 Å². The maximum atomic E-state index is 12.7. The first kappa shape index (κ1) is 14.1. The van der Waals surface area contributed by atoms with E-state index in [1.807, 2.05) is 19.0 Å². The molecule has 0 saturated carbocycles. The Kier molecular flexibility index (Phi) is 3.99. The zero-order valence-corrected chi connectivity index (χ0v) is 11.1. The van der Waals surface area contributed by atoms with Gasteiger partial charge in [0.1, 0.15) is 5.82 Å². The van der Waals surface area contributed by atoms with Crippen LogP contribution < -0.4 is 4.90 Å². The number of pyridine rings is 1. The molecule has 1 aromatic rings. The Hall–Kier alpha value is -1.30. The van der Waals surface area contributed by atoms with Gasteiger partial charge in [-0.3, -0.25) is 0 Å². The van der Waals surface area contributed by atoms with Gasteiger partial charge in [-0.1, -0.05) is 0 Å². The maximum absolute atomic E-state index is 12.7. The van der Waals surface area contributed by atoms with Crippen molar-refractivity contribution in [1.29, 1.82) is 0 Å². The van der Waals surface area contributed by atoms with E-state index < -0.39 is 11.7 Å². The monoisotopic (exact) mass is 273 g/mol. The van der Waals surface area contributed by atoms with Gasteiger partial charge in [-0.05, 0) is 39.1 Å². The van der Waals surface area contributed by atoms with E-state index in [9.17, 15) is 13.2 Å². The molecule has 1 fully saturated rings. The van der Waals surface area contributed by atoms with E-state index in [-0.39, 0.29) is 0 Å². The summed E-state index contributed by atoms with van der Waals surface area (Å²) in [7, 11) is 3.99. The third-order valence-electron chi connectivity index (χ3n) is 3.52. The molecule has 1 aliphatic heterocycles. The van der Waals surface area contributed by atoms with E-state index in [0.29, 0.717) is 11.9 Å². The standard InChI is InChI=1S/C13H18F3N3/c1-18(2)11-4-3-7-19(9-11)12-8-10(5-6-17-12)13(14,15)16/h5-6,8,11H,3-4,7,9H2,1-2H3. The number of rotatable bonds is 2. The fourth-order valence-corrected chi connectivity index (χ4v) is 2.35. The predicted molar refractivity (Wildman–Crippen MR) is 68.2 cm³/mol. The van der Waals surface area contributed by atoms with Crippen LogP contribution in [0.1, 0.15) is 18.4 Å². The molecule has 0 N–H and O–H groups in total. The first-order chi connectivity index (χ1) is 8.88. The van der Waals surface area contributed by atoms with Crippen molar-refractivity contribution in [2.75, 3.05) is 32.1 Å². The van der Waals surface area contributed by atoms with Crippen molar-refractivity contribution >= 4 is 5.82 Å². The van der Waals surface area contributed by atoms with Gasteiger partial charge in [-0.2, -0.15) is 13.2 Å². The molecule has 2 heterocycles. The first-order valence-electron chi connectivity index (χ1n) is 6.32. The number of nitrogens with zero attached hydrogens (tertiary/aromatic N) is 3. The third kappa shape index (κ3) is 3.37. The Balaban J connectivity index is 2.17. The van der Waals surface area contributed by atoms with Crippen LogP contribution in [-0.4, -0.2) is 43.1 Å². The lowest BCUT2D eigenvalue weighted by molar-refractivity contribution is -0.137. The summed E-state index contributed by atoms with van der Waals surface area (Å²) < 4.78 is 38.1. The zero-order valence-electron chi connectivity index (χ0n) is 11.1. The minimum atomic E-state index is -4.31. The summed E-state index contributed by atoms with van der Waals surface area (Å²) in [6.07, 6.45) is -1.03. The molecule has 1 atom stereocenters. The second-order valence-electron chi connectivity index (χ2n) is 5.11. The maximum Gasteiger partial charge on any atom is 0.416 e. The summed E-state index contributed by atoms with van der Waals surface area (Å²) in [5.41, 5.74) is -0.635. The smallest absolute Gasteiger partial charge is 0.355 e. The summed E-state index contributed by atoms with van der Waals surface area (Å²) in [5.74, 6) is 0.418. The Morgan fingerprint density at radius 2 is 2.11 bits per heavy atom. The van der Waals surface area contributed by atoms with Crippen molar-refractivity contribution in [3.63, 3.8) is 0 Å². The molecule has 0 spiro atoms. The molecule has 3 nitrogen and oxygen atoms in total. The van der Waals surface area contributed by atoms with Crippen molar-refractivity contribution in [1.82, 2.24) is 9.88 Å². The lowest BCUT2D eigenvalue weighted by Gasteiger charge is -2.36. The van der Waals surface area contributed by atoms with Gasteiger partial charge in [0.15, 0.2) is 0 Å². The zero-order chi connectivity index (χ0) is 14.0. The SMILES string of the molecule is CN(C)C1CCCN(c2cc(C(F)(F)F)ccn2)C1. The number of hydrogen-bond acceptors (Lipinski definition) is 3. The average Bonchev–Trinajstić information content (AvgIpc) is 2.38. The van der Waals surface area contributed by atoms with Crippen LogP contribution in [0.4, 0.5) is 19.0 Å². The van der Waals surface area contributed by atoms with Crippen LogP contribution in [-0.2, 0) is 6.18 Å². The van der Waals surface area contributed by atoms with Crippen molar-refractivity contribution in [2.24, 2.45) is 0 Å². The highest BCUT2D eigenvalue weighted by Gasteiger charge is 2.31. The number of aromatic nitrogens is 1. The first-order valence-corrected chi connectivity index (χ1v) is 6.32. The Bertz CT molecular complexity index is 431. The highest BCUT2D eigenvalue weighted by Crippen LogP contribution is 2.31. The minimum Gasteiger partial charge on any atom is -0.355 e. The lowest BCUT2D eigenvalue weighted by Crippen LogP contribution is -2.45. The summed E-state index contributed by atoms with van der Waals surface area (Å²) in [4.78, 5) is 8.12. The molecule has 0 bridgehead atoms.